The topological polar surface area (TPSA) is 77.8 Å². The Labute approximate surface area is 472 Å². The molecule has 0 radical (unpaired) electrons. The van der Waals surface area contributed by atoms with E-state index < -0.39 is 0 Å². The van der Waals surface area contributed by atoms with Crippen LogP contribution < -0.4 is 0 Å². The van der Waals surface area contributed by atoms with Gasteiger partial charge in [0.25, 0.3) is 0 Å². The number of aromatic nitrogens is 4. The van der Waals surface area contributed by atoms with E-state index in [9.17, 15) is 0 Å². The average molecular weight is 1050 g/mol. The molecule has 0 fully saturated rings. The molecule has 16 rings (SSSR count). The molecule has 6 nitrogen and oxygen atoms in total. The van der Waals surface area contributed by atoms with Crippen LogP contribution in [0.25, 0.3) is 166 Å². The molecule has 6 heteroatoms. The maximum Gasteiger partial charge on any atom is 0.136 e. The van der Waals surface area contributed by atoms with Crippen molar-refractivity contribution in [2.24, 2.45) is 0 Å². The summed E-state index contributed by atoms with van der Waals surface area (Å²) >= 11 is 0. The van der Waals surface area contributed by atoms with Crippen LogP contribution in [0.1, 0.15) is 0 Å². The van der Waals surface area contributed by atoms with Gasteiger partial charge in [0, 0.05) is 55.4 Å². The lowest BCUT2D eigenvalue weighted by Crippen LogP contribution is -1.95. The van der Waals surface area contributed by atoms with Gasteiger partial charge in [0.2, 0.25) is 0 Å². The Kier molecular flexibility index (Phi) is 11.1. The van der Waals surface area contributed by atoms with Crippen LogP contribution in [0, 0.1) is 0 Å². The molecule has 5 heterocycles. The van der Waals surface area contributed by atoms with Gasteiger partial charge < -0.3 is 8.83 Å². The highest BCUT2D eigenvalue weighted by Gasteiger charge is 2.20. The Balaban J connectivity index is 0.810. The third-order valence-corrected chi connectivity index (χ3v) is 15.9. The van der Waals surface area contributed by atoms with Crippen LogP contribution in [-0.4, -0.2) is 19.9 Å². The maximum atomic E-state index is 6.78. The normalized spacial score (nSPS) is 11.7. The van der Waals surface area contributed by atoms with Crippen LogP contribution in [0.4, 0.5) is 0 Å². The third-order valence-electron chi connectivity index (χ3n) is 15.9. The summed E-state index contributed by atoms with van der Waals surface area (Å²) in [6.45, 7) is 0. The van der Waals surface area contributed by atoms with Crippen molar-refractivity contribution in [1.29, 1.82) is 0 Å². The fourth-order valence-corrected chi connectivity index (χ4v) is 11.9. The van der Waals surface area contributed by atoms with Gasteiger partial charge in [0.1, 0.15) is 22.3 Å². The number of para-hydroxylation sites is 2. The molecule has 0 aliphatic heterocycles. The van der Waals surface area contributed by atoms with Crippen molar-refractivity contribution in [3.8, 4) is 101 Å². The van der Waals surface area contributed by atoms with Crippen LogP contribution in [0.2, 0.25) is 0 Å². The number of pyridine rings is 2. The number of hydrogen-bond donors (Lipinski definition) is 0. The van der Waals surface area contributed by atoms with Crippen molar-refractivity contribution in [2.75, 3.05) is 0 Å². The lowest BCUT2D eigenvalue weighted by molar-refractivity contribution is 0.668. The fourth-order valence-electron chi connectivity index (χ4n) is 11.9. The van der Waals surface area contributed by atoms with E-state index in [1.54, 1.807) is 0 Å². The molecule has 0 N–H and O–H groups in total. The summed E-state index contributed by atoms with van der Waals surface area (Å²) in [5, 5.41) is 5.33. The minimum Gasteiger partial charge on any atom is -0.456 e. The first-order valence-electron chi connectivity index (χ1n) is 27.6. The summed E-state index contributed by atoms with van der Waals surface area (Å²) in [5.41, 5.74) is 24.2. The van der Waals surface area contributed by atoms with Crippen molar-refractivity contribution >= 4 is 65.8 Å². The molecule has 0 saturated heterocycles. The molecule has 5 aromatic heterocycles. The highest BCUT2D eigenvalue weighted by Crippen LogP contribution is 2.44. The zero-order valence-corrected chi connectivity index (χ0v) is 44.2. The molecule has 0 bridgehead atoms. The first-order valence-corrected chi connectivity index (χ1v) is 27.6. The lowest BCUT2D eigenvalue weighted by atomic mass is 9.90. The average Bonchev–Trinajstić information content (AvgIpc) is 4.33. The molecule has 0 aliphatic rings. The molecule has 0 atom stereocenters. The van der Waals surface area contributed by atoms with E-state index in [-0.39, 0.29) is 0 Å². The van der Waals surface area contributed by atoms with Crippen LogP contribution in [0.3, 0.4) is 0 Å². The minimum atomic E-state index is 0.817. The molecule has 0 unspecified atom stereocenters. The van der Waals surface area contributed by atoms with Gasteiger partial charge in [-0.05, 0) is 134 Å². The second kappa shape index (κ2) is 19.4. The van der Waals surface area contributed by atoms with Gasteiger partial charge in [-0.2, -0.15) is 0 Å². The number of fused-ring (bicyclic) bond motifs is 8. The number of hydrogen-bond acceptors (Lipinski definition) is 6. The van der Waals surface area contributed by atoms with Gasteiger partial charge in [-0.25, -0.2) is 15.0 Å². The molecule has 82 heavy (non-hydrogen) atoms. The van der Waals surface area contributed by atoms with Gasteiger partial charge in [0.05, 0.1) is 39.3 Å². The van der Waals surface area contributed by atoms with Crippen molar-refractivity contribution in [1.82, 2.24) is 19.9 Å². The zero-order valence-electron chi connectivity index (χ0n) is 44.2. The van der Waals surface area contributed by atoms with Gasteiger partial charge in [-0.3, -0.25) is 4.98 Å². The summed E-state index contributed by atoms with van der Waals surface area (Å²) < 4.78 is 13.0. The quantitative estimate of drug-likeness (QED) is 0.143. The van der Waals surface area contributed by atoms with E-state index >= 15 is 0 Å². The first-order chi connectivity index (χ1) is 40.6. The molecule has 382 valence electrons. The highest BCUT2D eigenvalue weighted by atomic mass is 16.3. The number of furan rings is 2. The molecule has 0 aliphatic carbocycles. The van der Waals surface area contributed by atoms with Crippen molar-refractivity contribution < 1.29 is 8.83 Å². The maximum absolute atomic E-state index is 6.78. The molecule has 0 amide bonds. The molecule has 0 saturated carbocycles. The third kappa shape index (κ3) is 8.20. The predicted octanol–water partition coefficient (Wildman–Crippen LogP) is 20.4. The second-order valence-electron chi connectivity index (χ2n) is 20.9. The Morgan fingerprint density at radius 3 is 1.43 bits per heavy atom. The second-order valence-corrected chi connectivity index (χ2v) is 20.9. The Hall–Kier alpha value is -11.1. The van der Waals surface area contributed by atoms with E-state index in [1.165, 1.54) is 0 Å². The molecule has 11 aromatic carbocycles. The van der Waals surface area contributed by atoms with Crippen molar-refractivity contribution in [2.45, 2.75) is 0 Å². The van der Waals surface area contributed by atoms with Crippen LogP contribution >= 0.6 is 0 Å². The Bertz CT molecular complexity index is 5130. The van der Waals surface area contributed by atoms with E-state index in [2.05, 4.69) is 206 Å². The SMILES string of the molecule is c1ccc(-c2cc(-c3cc(-c4ccc(-c5ccc6nc(-c7ccccc7)c(-c7ccccc7)nc6c5)cc4)c4c(c3)oc3ccccc34)cc(-c3nc(-c4ccc(-c5cccc6oc7ccccc7c56)cc4)cc4ncccc34)c2)cc1. The fraction of sp³-hybridized carbons (Fsp3) is 0. The molecular formula is C76H46N4O2. The summed E-state index contributed by atoms with van der Waals surface area (Å²) in [4.78, 5) is 21.0. The first kappa shape index (κ1) is 47.0. The lowest BCUT2D eigenvalue weighted by Gasteiger charge is -2.15. The van der Waals surface area contributed by atoms with E-state index in [4.69, 9.17) is 28.8 Å². The summed E-state index contributed by atoms with van der Waals surface area (Å²) in [7, 11) is 0. The number of rotatable bonds is 9. The van der Waals surface area contributed by atoms with Crippen LogP contribution in [-0.2, 0) is 0 Å². The molecule has 16 aromatic rings. The van der Waals surface area contributed by atoms with Gasteiger partial charge >= 0.3 is 0 Å². The van der Waals surface area contributed by atoms with Gasteiger partial charge in [0.15, 0.2) is 0 Å². The zero-order chi connectivity index (χ0) is 54.1. The van der Waals surface area contributed by atoms with Gasteiger partial charge in [-0.1, -0.05) is 194 Å². The van der Waals surface area contributed by atoms with Crippen molar-refractivity contribution in [3.63, 3.8) is 0 Å². The largest absolute Gasteiger partial charge is 0.456 e. The standard InChI is InChI=1S/C76H46N4O2/c1-4-16-47(17-5-1)55-40-56(42-58(41-55)74-60-25-15-39-77-66(60)46-65(79-74)51-35-33-49(34-36-51)59-24-14-28-70-72(59)61-22-10-12-26-68(61)81-70)57-43-63(73-62-23-11-13-27-69(62)82-71(73)45-57)50-31-29-48(30-32-50)54-37-38-64-67(44-54)80-76(53-20-8-3-9-21-53)75(78-64)52-18-6-2-7-19-52/h1-46H. The molecule has 0 spiro atoms. The minimum absolute atomic E-state index is 0.817. The van der Waals surface area contributed by atoms with Crippen LogP contribution in [0.5, 0.6) is 0 Å². The van der Waals surface area contributed by atoms with E-state index in [0.717, 1.165) is 166 Å². The van der Waals surface area contributed by atoms with Crippen LogP contribution in [0.15, 0.2) is 288 Å². The highest BCUT2D eigenvalue weighted by molar-refractivity contribution is 6.15. The van der Waals surface area contributed by atoms with Crippen molar-refractivity contribution in [3.05, 3.63) is 279 Å². The summed E-state index contributed by atoms with van der Waals surface area (Å²) in [6.07, 6.45) is 1.86. The smallest absolute Gasteiger partial charge is 0.136 e. The van der Waals surface area contributed by atoms with E-state index in [1.807, 2.05) is 72.9 Å². The Morgan fingerprint density at radius 1 is 0.232 bits per heavy atom. The number of nitrogens with zero attached hydrogens (tertiary/aromatic N) is 4. The Morgan fingerprint density at radius 2 is 0.732 bits per heavy atom. The summed E-state index contributed by atoms with van der Waals surface area (Å²) in [6, 6.07) is 95.6. The van der Waals surface area contributed by atoms with Gasteiger partial charge in [-0.15, -0.1) is 0 Å². The molecular weight excluding hydrogens is 1000 g/mol. The predicted molar refractivity (Wildman–Crippen MR) is 336 cm³/mol. The summed E-state index contributed by atoms with van der Waals surface area (Å²) in [5.74, 6) is 0. The van der Waals surface area contributed by atoms with E-state index in [0.29, 0.717) is 0 Å². The monoisotopic (exact) mass is 1050 g/mol. The number of benzene rings is 11.